The number of unbranched alkanes of at least 4 members (excludes halogenated alkanes) is 8. The standard InChI is InChI=1S/C30H43N3O6/c1-4-6-8-10-11-13-18-38-25-16-14-24(15-17-25)33-29(35)23-20-26(37-3)28(31-21-23)30(36)32-22-27(34)39-19-12-9-7-5-2/h14-17,20-21H,4-13,18-19,22H2,1-3H3,(H,32,36)(H,33,35). The lowest BCUT2D eigenvalue weighted by atomic mass is 10.1. The third-order valence-electron chi connectivity index (χ3n) is 6.08. The number of nitrogens with one attached hydrogen (secondary N) is 2. The van der Waals surface area contributed by atoms with Crippen LogP contribution in [0.2, 0.25) is 0 Å². The van der Waals surface area contributed by atoms with Gasteiger partial charge in [-0.15, -0.1) is 0 Å². The molecule has 9 nitrogen and oxygen atoms in total. The third-order valence-corrected chi connectivity index (χ3v) is 6.08. The summed E-state index contributed by atoms with van der Waals surface area (Å²) in [6.45, 7) is 5.03. The smallest absolute Gasteiger partial charge is 0.325 e. The Morgan fingerprint density at radius 2 is 1.46 bits per heavy atom. The van der Waals surface area contributed by atoms with Gasteiger partial charge >= 0.3 is 5.97 Å². The van der Waals surface area contributed by atoms with Crippen molar-refractivity contribution in [2.75, 3.05) is 32.2 Å². The number of hydrogen-bond donors (Lipinski definition) is 2. The van der Waals surface area contributed by atoms with Crippen LogP contribution in [0.15, 0.2) is 36.5 Å². The maximum atomic E-state index is 12.7. The molecular weight excluding hydrogens is 498 g/mol. The second-order valence-electron chi connectivity index (χ2n) is 9.33. The normalized spacial score (nSPS) is 10.5. The predicted molar refractivity (Wildman–Crippen MR) is 151 cm³/mol. The van der Waals surface area contributed by atoms with Crippen LogP contribution in [0.3, 0.4) is 0 Å². The molecule has 1 heterocycles. The molecule has 1 aromatic heterocycles. The second kappa shape index (κ2) is 18.6. The topological polar surface area (TPSA) is 116 Å². The lowest BCUT2D eigenvalue weighted by Crippen LogP contribution is -2.31. The predicted octanol–water partition coefficient (Wildman–Crippen LogP) is 5.94. The van der Waals surface area contributed by atoms with Crippen molar-refractivity contribution in [1.29, 1.82) is 0 Å². The Balaban J connectivity index is 1.82. The van der Waals surface area contributed by atoms with E-state index in [-0.39, 0.29) is 23.6 Å². The summed E-state index contributed by atoms with van der Waals surface area (Å²) in [6, 6.07) is 8.60. The molecule has 0 unspecified atom stereocenters. The summed E-state index contributed by atoms with van der Waals surface area (Å²) >= 11 is 0. The fourth-order valence-electron chi connectivity index (χ4n) is 3.81. The van der Waals surface area contributed by atoms with Gasteiger partial charge in [-0.2, -0.15) is 0 Å². The lowest BCUT2D eigenvalue weighted by Gasteiger charge is -2.11. The Labute approximate surface area is 232 Å². The number of amides is 2. The molecule has 0 fully saturated rings. The van der Waals surface area contributed by atoms with Gasteiger partial charge in [0.2, 0.25) is 0 Å². The molecule has 0 saturated heterocycles. The number of carbonyl (C=O) groups is 3. The summed E-state index contributed by atoms with van der Waals surface area (Å²) in [5.74, 6) is -0.653. The first-order valence-corrected chi connectivity index (χ1v) is 14.0. The van der Waals surface area contributed by atoms with Gasteiger partial charge in [0, 0.05) is 11.9 Å². The minimum absolute atomic E-state index is 0.0309. The van der Waals surface area contributed by atoms with Gasteiger partial charge in [0.05, 0.1) is 25.9 Å². The highest BCUT2D eigenvalue weighted by atomic mass is 16.5. The molecule has 9 heteroatoms. The molecule has 1 aromatic carbocycles. The molecule has 0 spiro atoms. The van der Waals surface area contributed by atoms with Crippen LogP contribution in [-0.2, 0) is 9.53 Å². The average Bonchev–Trinajstić information content (AvgIpc) is 2.95. The van der Waals surface area contributed by atoms with Gasteiger partial charge in [-0.3, -0.25) is 14.4 Å². The fraction of sp³-hybridized carbons (Fsp3) is 0.533. The highest BCUT2D eigenvalue weighted by Crippen LogP contribution is 2.20. The van der Waals surface area contributed by atoms with E-state index in [0.29, 0.717) is 18.9 Å². The van der Waals surface area contributed by atoms with Crippen LogP contribution in [0.5, 0.6) is 11.5 Å². The molecule has 0 atom stereocenters. The first-order chi connectivity index (χ1) is 19.0. The molecule has 2 N–H and O–H groups in total. The van der Waals surface area contributed by atoms with E-state index in [0.717, 1.165) is 44.3 Å². The summed E-state index contributed by atoms with van der Waals surface area (Å²) in [4.78, 5) is 41.2. The summed E-state index contributed by atoms with van der Waals surface area (Å²) in [5, 5.41) is 5.28. The van der Waals surface area contributed by atoms with Gasteiger partial charge < -0.3 is 24.8 Å². The first-order valence-electron chi connectivity index (χ1n) is 14.0. The number of methoxy groups -OCH3 is 1. The Kier molecular flexibility index (Phi) is 15.1. The van der Waals surface area contributed by atoms with Crippen molar-refractivity contribution < 1.29 is 28.6 Å². The lowest BCUT2D eigenvalue weighted by molar-refractivity contribution is -0.142. The van der Waals surface area contributed by atoms with Crippen molar-refractivity contribution in [3.63, 3.8) is 0 Å². The number of anilines is 1. The summed E-state index contributed by atoms with van der Waals surface area (Å²) in [7, 11) is 1.38. The van der Waals surface area contributed by atoms with Crippen LogP contribution >= 0.6 is 0 Å². The Hall–Kier alpha value is -3.62. The molecule has 0 saturated carbocycles. The zero-order chi connectivity index (χ0) is 28.3. The van der Waals surface area contributed by atoms with Gasteiger partial charge in [0.1, 0.15) is 12.3 Å². The Bertz CT molecular complexity index is 1030. The van der Waals surface area contributed by atoms with Crippen LogP contribution < -0.4 is 20.1 Å². The number of pyridine rings is 1. The number of carbonyl (C=O) groups excluding carboxylic acids is 3. The number of hydrogen-bond acceptors (Lipinski definition) is 7. The monoisotopic (exact) mass is 541 g/mol. The number of ether oxygens (including phenoxy) is 3. The highest BCUT2D eigenvalue weighted by molar-refractivity contribution is 6.05. The van der Waals surface area contributed by atoms with Crippen molar-refractivity contribution in [1.82, 2.24) is 10.3 Å². The highest BCUT2D eigenvalue weighted by Gasteiger charge is 2.18. The van der Waals surface area contributed by atoms with Gasteiger partial charge in [0.15, 0.2) is 11.4 Å². The van der Waals surface area contributed by atoms with Crippen LogP contribution in [-0.4, -0.2) is 49.6 Å². The second-order valence-corrected chi connectivity index (χ2v) is 9.33. The van der Waals surface area contributed by atoms with E-state index < -0.39 is 17.8 Å². The molecule has 0 radical (unpaired) electrons. The van der Waals surface area contributed by atoms with Crippen molar-refractivity contribution in [3.8, 4) is 11.5 Å². The van der Waals surface area contributed by atoms with E-state index >= 15 is 0 Å². The van der Waals surface area contributed by atoms with Crippen LogP contribution in [0.1, 0.15) is 98.9 Å². The number of rotatable bonds is 19. The largest absolute Gasteiger partial charge is 0.494 e. The zero-order valence-corrected chi connectivity index (χ0v) is 23.6. The maximum Gasteiger partial charge on any atom is 0.325 e. The van der Waals surface area contributed by atoms with Gasteiger partial charge in [-0.05, 0) is 43.2 Å². The van der Waals surface area contributed by atoms with E-state index in [1.165, 1.54) is 45.1 Å². The number of benzene rings is 1. The van der Waals surface area contributed by atoms with Crippen molar-refractivity contribution in [2.45, 2.75) is 78.1 Å². The molecule has 0 aliphatic rings. The quantitative estimate of drug-likeness (QED) is 0.167. The zero-order valence-electron chi connectivity index (χ0n) is 23.6. The fourth-order valence-corrected chi connectivity index (χ4v) is 3.81. The molecule has 2 rings (SSSR count). The van der Waals surface area contributed by atoms with Gasteiger partial charge in [-0.25, -0.2) is 4.98 Å². The van der Waals surface area contributed by atoms with Crippen LogP contribution in [0.4, 0.5) is 5.69 Å². The van der Waals surface area contributed by atoms with Crippen LogP contribution in [0.25, 0.3) is 0 Å². The average molecular weight is 542 g/mol. The SMILES string of the molecule is CCCCCCCCOc1ccc(NC(=O)c2cnc(C(=O)NCC(=O)OCCCCCC)c(OC)c2)cc1. The van der Waals surface area contributed by atoms with E-state index in [4.69, 9.17) is 14.2 Å². The van der Waals surface area contributed by atoms with E-state index in [9.17, 15) is 14.4 Å². The Morgan fingerprint density at radius 1 is 0.821 bits per heavy atom. The van der Waals surface area contributed by atoms with Crippen molar-refractivity contribution in [2.24, 2.45) is 0 Å². The first kappa shape index (κ1) is 31.6. The Morgan fingerprint density at radius 3 is 2.15 bits per heavy atom. The minimum atomic E-state index is -0.599. The maximum absolute atomic E-state index is 12.7. The summed E-state index contributed by atoms with van der Waals surface area (Å²) in [6.07, 6.45) is 12.5. The molecule has 39 heavy (non-hydrogen) atoms. The van der Waals surface area contributed by atoms with Crippen LogP contribution in [0, 0.1) is 0 Å². The summed E-state index contributed by atoms with van der Waals surface area (Å²) in [5.41, 5.74) is 0.788. The number of esters is 1. The molecule has 0 aliphatic heterocycles. The molecule has 2 aromatic rings. The molecule has 2 amide bonds. The summed E-state index contributed by atoms with van der Waals surface area (Å²) < 4.78 is 16.2. The van der Waals surface area contributed by atoms with Crippen molar-refractivity contribution in [3.05, 3.63) is 47.8 Å². The minimum Gasteiger partial charge on any atom is -0.494 e. The number of aromatic nitrogens is 1. The van der Waals surface area contributed by atoms with E-state index in [1.54, 1.807) is 12.1 Å². The number of nitrogens with zero attached hydrogens (tertiary/aromatic N) is 1. The molecular formula is C30H43N3O6. The molecule has 0 bridgehead atoms. The van der Waals surface area contributed by atoms with Crippen molar-refractivity contribution >= 4 is 23.5 Å². The van der Waals surface area contributed by atoms with Gasteiger partial charge in [0.25, 0.3) is 11.8 Å². The third kappa shape index (κ3) is 12.2. The van der Waals surface area contributed by atoms with E-state index in [1.807, 2.05) is 12.1 Å². The molecule has 214 valence electrons. The molecule has 0 aliphatic carbocycles. The van der Waals surface area contributed by atoms with E-state index in [2.05, 4.69) is 29.5 Å². The van der Waals surface area contributed by atoms with Gasteiger partial charge in [-0.1, -0.05) is 65.2 Å².